The average molecular weight is 487 g/mol. The summed E-state index contributed by atoms with van der Waals surface area (Å²) in [6.45, 7) is 0. The van der Waals surface area contributed by atoms with E-state index in [0.29, 0.717) is 26.5 Å². The maximum absolute atomic E-state index is 12.0. The maximum Gasteiger partial charge on any atom is 0.271 e. The zero-order valence-corrected chi connectivity index (χ0v) is 16.3. The van der Waals surface area contributed by atoms with Gasteiger partial charge in [-0.2, -0.15) is 0 Å². The van der Waals surface area contributed by atoms with Crippen molar-refractivity contribution in [3.05, 3.63) is 49.5 Å². The second kappa shape index (κ2) is 7.50. The molecule has 2 aromatic heterocycles. The van der Waals surface area contributed by atoms with Crippen LogP contribution in [0.3, 0.4) is 0 Å². The van der Waals surface area contributed by atoms with Crippen LogP contribution in [-0.2, 0) is 4.79 Å². The molecule has 1 amide bonds. The summed E-state index contributed by atoms with van der Waals surface area (Å²) in [4.78, 5) is 33.7. The Morgan fingerprint density at radius 2 is 2.16 bits per heavy atom. The molecule has 3 rings (SSSR count). The van der Waals surface area contributed by atoms with Gasteiger partial charge in [0.25, 0.3) is 5.69 Å². The number of H-pyrrole nitrogens is 1. The highest BCUT2D eigenvalue weighted by Crippen LogP contribution is 2.25. The summed E-state index contributed by atoms with van der Waals surface area (Å²) in [6, 6.07) is 6.15. The number of aromatic amines is 1. The van der Waals surface area contributed by atoms with E-state index < -0.39 is 4.92 Å². The second-order valence-corrected chi connectivity index (χ2v) is 7.56. The molecule has 0 saturated heterocycles. The third kappa shape index (κ3) is 4.35. The molecule has 0 atom stereocenters. The van der Waals surface area contributed by atoms with Gasteiger partial charge in [0.15, 0.2) is 5.16 Å². The number of imidazole rings is 1. The molecule has 3 aromatic rings. The molecule has 0 spiro atoms. The Morgan fingerprint density at radius 1 is 1.36 bits per heavy atom. The number of thioether (sulfide) groups is 1. The molecule has 11 heteroatoms. The van der Waals surface area contributed by atoms with Crippen LogP contribution in [-0.4, -0.2) is 31.5 Å². The van der Waals surface area contributed by atoms with Crippen molar-refractivity contribution >= 4 is 72.1 Å². The smallest absolute Gasteiger partial charge is 0.271 e. The van der Waals surface area contributed by atoms with E-state index in [2.05, 4.69) is 52.1 Å². The van der Waals surface area contributed by atoms with E-state index in [1.165, 1.54) is 23.9 Å². The highest BCUT2D eigenvalue weighted by atomic mass is 79.9. The van der Waals surface area contributed by atoms with E-state index in [1.807, 2.05) is 0 Å². The third-order valence-electron chi connectivity index (χ3n) is 3.06. The Kier molecular flexibility index (Phi) is 5.35. The molecule has 0 saturated carbocycles. The maximum atomic E-state index is 12.0. The number of halogens is 2. The Hall–Kier alpha value is -1.98. The molecule has 0 aliphatic rings. The number of nitrogens with one attached hydrogen (secondary N) is 2. The lowest BCUT2D eigenvalue weighted by Crippen LogP contribution is -2.15. The number of carbonyl (C=O) groups excluding carboxylic acids is 1. The summed E-state index contributed by atoms with van der Waals surface area (Å²) in [5.74, 6) is 0.299. The van der Waals surface area contributed by atoms with Crippen LogP contribution in [0.15, 0.2) is 44.6 Å². The van der Waals surface area contributed by atoms with Crippen LogP contribution in [0.1, 0.15) is 0 Å². The van der Waals surface area contributed by atoms with E-state index in [0.717, 1.165) is 4.47 Å². The first-order valence-corrected chi connectivity index (χ1v) is 9.37. The normalized spacial score (nSPS) is 10.8. The van der Waals surface area contributed by atoms with Gasteiger partial charge in [0.05, 0.1) is 26.2 Å². The van der Waals surface area contributed by atoms with Gasteiger partial charge in [-0.15, -0.1) is 0 Å². The molecule has 0 radical (unpaired) electrons. The lowest BCUT2D eigenvalue weighted by atomic mass is 10.3. The molecule has 0 unspecified atom stereocenters. The number of nitrogens with zero attached hydrogens (tertiary/aromatic N) is 3. The van der Waals surface area contributed by atoms with Crippen LogP contribution in [0, 0.1) is 10.1 Å². The monoisotopic (exact) mass is 485 g/mol. The van der Waals surface area contributed by atoms with E-state index in [-0.39, 0.29) is 17.3 Å². The average Bonchev–Trinajstić information content (AvgIpc) is 2.97. The van der Waals surface area contributed by atoms with Crippen molar-refractivity contribution < 1.29 is 9.72 Å². The van der Waals surface area contributed by atoms with Crippen molar-refractivity contribution in [2.75, 3.05) is 11.1 Å². The largest absolute Gasteiger partial charge is 0.333 e. The van der Waals surface area contributed by atoms with Crippen molar-refractivity contribution in [1.82, 2.24) is 15.0 Å². The van der Waals surface area contributed by atoms with Crippen molar-refractivity contribution in [1.29, 1.82) is 0 Å². The minimum Gasteiger partial charge on any atom is -0.333 e. The standard InChI is InChI=1S/C14H9Br2N5O3S/c15-7-3-9(16)13(17-5-7)20-12(22)6-25-14-18-10-2-1-8(21(23)24)4-11(10)19-14/h1-5H,6H2,(H,18,19)(H,17,20,22). The summed E-state index contributed by atoms with van der Waals surface area (Å²) in [5, 5.41) is 14.0. The fourth-order valence-corrected chi connectivity index (χ4v) is 3.74. The van der Waals surface area contributed by atoms with Crippen molar-refractivity contribution in [3.8, 4) is 0 Å². The summed E-state index contributed by atoms with van der Waals surface area (Å²) >= 11 is 7.81. The van der Waals surface area contributed by atoms with Gasteiger partial charge >= 0.3 is 0 Å². The number of anilines is 1. The molecule has 128 valence electrons. The van der Waals surface area contributed by atoms with E-state index in [1.54, 1.807) is 18.3 Å². The zero-order valence-electron chi connectivity index (χ0n) is 12.3. The van der Waals surface area contributed by atoms with Crippen molar-refractivity contribution in [2.45, 2.75) is 5.16 Å². The molecule has 2 heterocycles. The Balaban J connectivity index is 1.65. The van der Waals surface area contributed by atoms with Crippen molar-refractivity contribution in [2.24, 2.45) is 0 Å². The summed E-state index contributed by atoms with van der Waals surface area (Å²) in [6.07, 6.45) is 1.58. The minimum absolute atomic E-state index is 0.0170. The van der Waals surface area contributed by atoms with Gasteiger partial charge in [0.2, 0.25) is 5.91 Å². The molecule has 0 aliphatic heterocycles. The Labute approximate surface area is 162 Å². The first kappa shape index (κ1) is 17.8. The number of amides is 1. The topological polar surface area (TPSA) is 114 Å². The molecule has 25 heavy (non-hydrogen) atoms. The number of non-ortho nitro benzene ring substituents is 1. The number of rotatable bonds is 5. The van der Waals surface area contributed by atoms with Gasteiger partial charge in [-0.05, 0) is 44.0 Å². The Bertz CT molecular complexity index is 978. The second-order valence-electron chi connectivity index (χ2n) is 4.82. The molecular formula is C14H9Br2N5O3S. The molecule has 0 aliphatic carbocycles. The molecule has 0 fully saturated rings. The number of pyridine rings is 1. The van der Waals surface area contributed by atoms with Gasteiger partial charge in [0.1, 0.15) is 5.82 Å². The first-order valence-electron chi connectivity index (χ1n) is 6.80. The van der Waals surface area contributed by atoms with Crippen molar-refractivity contribution in [3.63, 3.8) is 0 Å². The van der Waals surface area contributed by atoms with Crippen LogP contribution in [0.4, 0.5) is 11.5 Å². The fraction of sp³-hybridized carbons (Fsp3) is 0.0714. The fourth-order valence-electron chi connectivity index (χ4n) is 1.96. The number of fused-ring (bicyclic) bond motifs is 1. The quantitative estimate of drug-likeness (QED) is 0.318. The van der Waals surface area contributed by atoms with E-state index in [4.69, 9.17) is 0 Å². The van der Waals surface area contributed by atoms with Crippen LogP contribution in [0.2, 0.25) is 0 Å². The molecule has 1 aromatic carbocycles. The predicted molar refractivity (Wildman–Crippen MR) is 102 cm³/mol. The Morgan fingerprint density at radius 3 is 2.88 bits per heavy atom. The number of hydrogen-bond donors (Lipinski definition) is 2. The molecule has 2 N–H and O–H groups in total. The van der Waals surface area contributed by atoms with Gasteiger partial charge in [-0.25, -0.2) is 9.97 Å². The first-order chi connectivity index (χ1) is 11.9. The van der Waals surface area contributed by atoms with Gasteiger partial charge in [0, 0.05) is 22.8 Å². The number of benzene rings is 1. The van der Waals surface area contributed by atoms with Gasteiger partial charge in [-0.3, -0.25) is 14.9 Å². The van der Waals surface area contributed by atoms with Crippen LogP contribution >= 0.6 is 43.6 Å². The summed E-state index contributed by atoms with van der Waals surface area (Å²) in [5.41, 5.74) is 1.14. The van der Waals surface area contributed by atoms with Crippen LogP contribution in [0.5, 0.6) is 0 Å². The minimum atomic E-state index is -0.469. The SMILES string of the molecule is O=C(CSc1nc2ccc([N+](=O)[O-])cc2[nH]1)Nc1ncc(Br)cc1Br. The number of aromatic nitrogens is 3. The summed E-state index contributed by atoms with van der Waals surface area (Å²) in [7, 11) is 0. The van der Waals surface area contributed by atoms with Gasteiger partial charge < -0.3 is 10.3 Å². The lowest BCUT2D eigenvalue weighted by molar-refractivity contribution is -0.384. The predicted octanol–water partition coefficient (Wildman–Crippen LogP) is 4.12. The third-order valence-corrected chi connectivity index (χ3v) is 4.97. The van der Waals surface area contributed by atoms with Crippen LogP contribution < -0.4 is 5.32 Å². The summed E-state index contributed by atoms with van der Waals surface area (Å²) < 4.78 is 1.46. The highest BCUT2D eigenvalue weighted by Gasteiger charge is 2.12. The molecular weight excluding hydrogens is 478 g/mol. The number of hydrogen-bond acceptors (Lipinski definition) is 6. The lowest BCUT2D eigenvalue weighted by Gasteiger charge is -2.05. The van der Waals surface area contributed by atoms with E-state index >= 15 is 0 Å². The van der Waals surface area contributed by atoms with E-state index in [9.17, 15) is 14.9 Å². The number of carbonyl (C=O) groups is 1. The molecule has 8 nitrogen and oxygen atoms in total. The highest BCUT2D eigenvalue weighted by molar-refractivity contribution is 9.11. The number of nitro benzene ring substituents is 1. The van der Waals surface area contributed by atoms with Crippen LogP contribution in [0.25, 0.3) is 11.0 Å². The number of nitro groups is 1. The zero-order chi connectivity index (χ0) is 18.0. The molecule has 0 bridgehead atoms. The van der Waals surface area contributed by atoms with Gasteiger partial charge in [-0.1, -0.05) is 11.8 Å².